The zero-order valence-corrected chi connectivity index (χ0v) is 23.9. The minimum atomic E-state index is -6.00. The molecule has 48 heavy (non-hydrogen) atoms. The Balaban J connectivity index is 1.71. The maximum atomic E-state index is 14.1. The fraction of sp³-hybridized carbons (Fsp3) is 0.333. The summed E-state index contributed by atoms with van der Waals surface area (Å²) in [6, 6.07) is 6.89. The van der Waals surface area contributed by atoms with Crippen molar-refractivity contribution in [2.45, 2.75) is 38.1 Å². The van der Waals surface area contributed by atoms with Gasteiger partial charge in [-0.2, -0.15) is 17.6 Å². The van der Waals surface area contributed by atoms with Crippen LogP contribution in [0, 0.1) is 0 Å². The van der Waals surface area contributed by atoms with Crippen LogP contribution in [-0.2, 0) is 23.7 Å². The Kier molecular flexibility index (Phi) is 10.9. The number of carbonyl (C=O) groups excluding carboxylic acids is 1. The Hall–Kier alpha value is -4.63. The lowest BCUT2D eigenvalue weighted by molar-refractivity contribution is -0.574. The van der Waals surface area contributed by atoms with Crippen molar-refractivity contribution >= 4 is 16.9 Å². The van der Waals surface area contributed by atoms with Crippen molar-refractivity contribution in [3.8, 4) is 28.4 Å². The topological polar surface area (TPSA) is 112 Å². The number of benzene rings is 2. The molecule has 0 atom stereocenters. The van der Waals surface area contributed by atoms with Crippen LogP contribution in [0.15, 0.2) is 63.8 Å². The summed E-state index contributed by atoms with van der Waals surface area (Å²) in [5, 5.41) is -0.0119. The first kappa shape index (κ1) is 37.8. The number of fused-ring (bicyclic) bond motifs is 1. The van der Waals surface area contributed by atoms with Gasteiger partial charge in [-0.05, 0) is 37.3 Å². The van der Waals surface area contributed by atoms with Crippen LogP contribution in [0.4, 0.5) is 48.3 Å². The average molecular weight is 712 g/mol. The molecule has 0 radical (unpaired) electrons. The number of ether oxygens (including phenoxy) is 7. The zero-order chi connectivity index (χ0) is 36.3. The molecule has 2 aromatic carbocycles. The highest BCUT2D eigenvalue weighted by Gasteiger charge is 2.57. The number of alkyl halides is 11. The van der Waals surface area contributed by atoms with Crippen LogP contribution in [0.2, 0.25) is 0 Å². The van der Waals surface area contributed by atoms with E-state index in [1.807, 2.05) is 0 Å². The summed E-state index contributed by atoms with van der Waals surface area (Å²) in [5.41, 5.74) is -2.91. The van der Waals surface area contributed by atoms with Crippen molar-refractivity contribution < 1.29 is 90.7 Å². The van der Waals surface area contributed by atoms with Gasteiger partial charge in [0.25, 0.3) is 0 Å². The predicted molar refractivity (Wildman–Crippen MR) is 135 cm³/mol. The molecule has 10 nitrogen and oxygen atoms in total. The number of hydrogen-bond acceptors (Lipinski definition) is 10. The number of hydrogen-bond donors (Lipinski definition) is 0. The normalized spacial score (nSPS) is 12.9. The molecule has 0 bridgehead atoms. The van der Waals surface area contributed by atoms with Gasteiger partial charge in [-0.25, -0.2) is 23.8 Å². The molecule has 0 N–H and O–H groups in total. The maximum absolute atomic E-state index is 14.1. The number of methoxy groups -OCH3 is 1. The van der Waals surface area contributed by atoms with Crippen LogP contribution in [0.3, 0.4) is 0 Å². The van der Waals surface area contributed by atoms with E-state index >= 15 is 0 Å². The first-order valence-electron chi connectivity index (χ1n) is 12.5. The van der Waals surface area contributed by atoms with Gasteiger partial charge in [-0.15, -0.1) is 30.7 Å². The molecular weight excluding hydrogens is 693 g/mol. The van der Waals surface area contributed by atoms with E-state index in [-0.39, 0.29) is 16.7 Å². The average Bonchev–Trinajstić information content (AvgIpc) is 2.91. The summed E-state index contributed by atoms with van der Waals surface area (Å²) in [6.07, 6.45) is -27.5. The first-order chi connectivity index (χ1) is 21.9. The second-order valence-electron chi connectivity index (χ2n) is 9.21. The van der Waals surface area contributed by atoms with Gasteiger partial charge in [-0.3, -0.25) is 0 Å². The van der Waals surface area contributed by atoms with E-state index in [2.05, 4.69) is 35.0 Å². The third kappa shape index (κ3) is 11.0. The molecule has 0 saturated carbocycles. The highest BCUT2D eigenvalue weighted by molar-refractivity contribution is 5.87. The summed E-state index contributed by atoms with van der Waals surface area (Å²) in [5.74, 6) is -3.00. The number of rotatable bonds is 15. The quantitative estimate of drug-likeness (QED) is 0.0528. The van der Waals surface area contributed by atoms with Crippen molar-refractivity contribution in [1.82, 2.24) is 0 Å². The molecule has 0 fully saturated rings. The molecule has 264 valence electrons. The minimum Gasteiger partial charge on any atom is -0.497 e. The lowest BCUT2D eigenvalue weighted by Gasteiger charge is -2.27. The van der Waals surface area contributed by atoms with Crippen molar-refractivity contribution in [2.75, 3.05) is 20.3 Å². The largest absolute Gasteiger partial charge is 0.573 e. The molecule has 0 aliphatic carbocycles. The van der Waals surface area contributed by atoms with Crippen molar-refractivity contribution in [3.63, 3.8) is 0 Å². The number of carbonyl (C=O) groups is 1. The highest BCUT2D eigenvalue weighted by Crippen LogP contribution is 2.39. The Morgan fingerprint density at radius 1 is 0.771 bits per heavy atom. The number of halogens is 11. The van der Waals surface area contributed by atoms with Crippen LogP contribution < -0.4 is 19.8 Å². The van der Waals surface area contributed by atoms with E-state index in [0.29, 0.717) is 0 Å². The van der Waals surface area contributed by atoms with E-state index in [0.717, 1.165) is 50.4 Å². The predicted octanol–water partition coefficient (Wildman–Crippen LogP) is 7.20. The number of esters is 1. The van der Waals surface area contributed by atoms with Gasteiger partial charge in [0, 0.05) is 28.7 Å². The maximum Gasteiger partial charge on any atom is 0.573 e. The van der Waals surface area contributed by atoms with E-state index in [1.165, 1.54) is 6.07 Å². The van der Waals surface area contributed by atoms with Crippen LogP contribution in [0.25, 0.3) is 22.1 Å². The zero-order valence-electron chi connectivity index (χ0n) is 23.9. The SMILES string of the molecule is C=C(C)C(=O)OCC(F)(F)OC(F)(F)OC(F)(F)OC(F)(F)COc1ccc2cc(-c3ccc(OC)cc3OC(F)(F)F)c(=O)oc2c1. The van der Waals surface area contributed by atoms with Gasteiger partial charge in [0.2, 0.25) is 0 Å². The van der Waals surface area contributed by atoms with E-state index in [9.17, 15) is 57.9 Å². The van der Waals surface area contributed by atoms with Gasteiger partial charge in [-0.1, -0.05) is 6.58 Å². The second-order valence-corrected chi connectivity index (χ2v) is 9.21. The van der Waals surface area contributed by atoms with Crippen LogP contribution in [-0.4, -0.2) is 57.5 Å². The van der Waals surface area contributed by atoms with E-state index < -0.39 is 84.2 Å². The molecule has 1 heterocycles. The van der Waals surface area contributed by atoms with Crippen LogP contribution in [0.1, 0.15) is 6.92 Å². The fourth-order valence-corrected chi connectivity index (χ4v) is 3.46. The minimum absolute atomic E-state index is 0.0119. The summed E-state index contributed by atoms with van der Waals surface area (Å²) in [4.78, 5) is 23.7. The Bertz CT molecular complexity index is 1700. The molecular formula is C27H19F11O10. The standard InChI is InChI=1S/C27H19F11O10/c1-13(2)21(39)43-12-24(30,31)47-27(37,38)48-26(35,36)46-23(28,29)11-42-16-5-4-14-8-18(22(40)44-19(14)10-16)17-7-6-15(41-3)9-20(17)45-25(32,33)34/h4-10H,1,11-12H2,2-3H3. The first-order valence-corrected chi connectivity index (χ1v) is 12.5. The molecule has 21 heteroatoms. The molecule has 1 aromatic heterocycles. The third-order valence-corrected chi connectivity index (χ3v) is 5.31. The third-order valence-electron chi connectivity index (χ3n) is 5.31. The summed E-state index contributed by atoms with van der Waals surface area (Å²) in [6.45, 7) is -0.369. The van der Waals surface area contributed by atoms with Gasteiger partial charge in [0.05, 0.1) is 12.7 Å². The molecule has 0 spiro atoms. The van der Waals surface area contributed by atoms with Crippen LogP contribution in [0.5, 0.6) is 17.2 Å². The van der Waals surface area contributed by atoms with Crippen molar-refractivity contribution in [3.05, 3.63) is 65.0 Å². The monoisotopic (exact) mass is 712 g/mol. The lowest BCUT2D eigenvalue weighted by Crippen LogP contribution is -2.46. The summed E-state index contributed by atoms with van der Waals surface area (Å²) in [7, 11) is 1.16. The summed E-state index contributed by atoms with van der Waals surface area (Å²) >= 11 is 0. The fourth-order valence-electron chi connectivity index (χ4n) is 3.46. The van der Waals surface area contributed by atoms with Crippen molar-refractivity contribution in [2.24, 2.45) is 0 Å². The van der Waals surface area contributed by atoms with Gasteiger partial charge < -0.3 is 23.4 Å². The lowest BCUT2D eigenvalue weighted by atomic mass is 10.0. The summed E-state index contributed by atoms with van der Waals surface area (Å²) < 4.78 is 179. The highest BCUT2D eigenvalue weighted by atomic mass is 19.4. The van der Waals surface area contributed by atoms with E-state index in [4.69, 9.17) is 9.15 Å². The Morgan fingerprint density at radius 2 is 1.35 bits per heavy atom. The second kappa shape index (κ2) is 13.8. The molecule has 0 aliphatic rings. The smallest absolute Gasteiger partial charge is 0.497 e. The Labute approximate surface area is 260 Å². The van der Waals surface area contributed by atoms with Crippen LogP contribution >= 0.6 is 0 Å². The molecule has 3 rings (SSSR count). The molecule has 3 aromatic rings. The van der Waals surface area contributed by atoms with E-state index in [1.54, 1.807) is 0 Å². The molecule has 0 aliphatic heterocycles. The van der Waals surface area contributed by atoms with Gasteiger partial charge >= 0.3 is 42.8 Å². The van der Waals surface area contributed by atoms with Gasteiger partial charge in [0.1, 0.15) is 22.8 Å². The van der Waals surface area contributed by atoms with Gasteiger partial charge in [0.15, 0.2) is 13.2 Å². The molecule has 0 saturated heterocycles. The molecule has 0 amide bonds. The Morgan fingerprint density at radius 3 is 1.92 bits per heavy atom. The van der Waals surface area contributed by atoms with Crippen molar-refractivity contribution in [1.29, 1.82) is 0 Å². The molecule has 0 unspecified atom stereocenters.